The van der Waals surface area contributed by atoms with E-state index < -0.39 is 170 Å². The van der Waals surface area contributed by atoms with Crippen LogP contribution < -0.4 is 18.9 Å². The summed E-state index contributed by atoms with van der Waals surface area (Å²) in [5.41, 5.74) is 0.353. The Bertz CT molecular complexity index is 3290. The summed E-state index contributed by atoms with van der Waals surface area (Å²) in [6.45, 7) is -1.65. The molecular formula is C55H57O30+. The Morgan fingerprint density at radius 3 is 1.64 bits per heavy atom. The Morgan fingerprint density at radius 1 is 0.529 bits per heavy atom. The van der Waals surface area contributed by atoms with Gasteiger partial charge in [-0.15, -0.1) is 0 Å². The fourth-order valence-corrected chi connectivity index (χ4v) is 8.73. The Kier molecular flexibility index (Phi) is 19.8. The van der Waals surface area contributed by atoms with Gasteiger partial charge in [0, 0.05) is 30.4 Å². The monoisotopic (exact) mass is 1200 g/mol. The first-order valence-electron chi connectivity index (χ1n) is 25.3. The predicted octanol–water partition coefficient (Wildman–Crippen LogP) is -0.381. The Labute approximate surface area is 478 Å². The molecule has 3 aliphatic rings. The number of phenols is 5. The van der Waals surface area contributed by atoms with Crippen molar-refractivity contribution in [3.05, 3.63) is 96.1 Å². The number of hydrogen-bond donors (Lipinski definition) is 14. The summed E-state index contributed by atoms with van der Waals surface area (Å²) in [5, 5.41) is 150. The number of carboxylic acids is 1. The van der Waals surface area contributed by atoms with Gasteiger partial charge in [0.2, 0.25) is 24.6 Å². The minimum Gasteiger partial charge on any atom is -0.507 e. The predicted molar refractivity (Wildman–Crippen MR) is 279 cm³/mol. The lowest BCUT2D eigenvalue weighted by Gasteiger charge is -2.45. The maximum Gasteiger partial charge on any atom is 0.402 e. The van der Waals surface area contributed by atoms with Crippen molar-refractivity contribution >= 4 is 47.0 Å². The van der Waals surface area contributed by atoms with Gasteiger partial charge in [0.05, 0.1) is 25.8 Å². The molecule has 3 fully saturated rings. The maximum atomic E-state index is 13.1. The Balaban J connectivity index is 1.13. The van der Waals surface area contributed by atoms with Crippen molar-refractivity contribution in [3.8, 4) is 63.1 Å². The first kappa shape index (κ1) is 62.4. The van der Waals surface area contributed by atoms with Crippen LogP contribution in [0.2, 0.25) is 0 Å². The Morgan fingerprint density at radius 2 is 1.06 bits per heavy atom. The number of carbonyl (C=O) groups is 4. The molecule has 0 aliphatic carbocycles. The second kappa shape index (κ2) is 27.0. The first-order valence-corrected chi connectivity index (χ1v) is 25.3. The highest BCUT2D eigenvalue weighted by atomic mass is 16.8. The van der Waals surface area contributed by atoms with Crippen LogP contribution in [0.15, 0.2) is 89.4 Å². The van der Waals surface area contributed by atoms with Gasteiger partial charge in [0.1, 0.15) is 97.6 Å². The average molecular weight is 1200 g/mol. The number of carbonyl (C=O) groups excluding carboxylic acids is 3. The van der Waals surface area contributed by atoms with E-state index in [1.165, 1.54) is 68.8 Å². The largest absolute Gasteiger partial charge is 0.507 e. The quantitative estimate of drug-likeness (QED) is 0.0118. The van der Waals surface area contributed by atoms with E-state index in [4.69, 9.17) is 61.6 Å². The number of benzene rings is 4. The second-order valence-electron chi connectivity index (χ2n) is 19.1. The van der Waals surface area contributed by atoms with Gasteiger partial charge in [-0.25, -0.2) is 14.0 Å². The molecule has 0 radical (unpaired) electrons. The van der Waals surface area contributed by atoms with Crippen LogP contribution in [0.3, 0.4) is 0 Å². The molecule has 0 bridgehead atoms. The van der Waals surface area contributed by atoms with Crippen molar-refractivity contribution in [1.29, 1.82) is 0 Å². The zero-order valence-electron chi connectivity index (χ0n) is 44.3. The molecule has 456 valence electrons. The van der Waals surface area contributed by atoms with Crippen molar-refractivity contribution in [1.82, 2.24) is 0 Å². The number of aliphatic hydroxyl groups is 8. The van der Waals surface area contributed by atoms with Crippen LogP contribution >= 0.6 is 0 Å². The van der Waals surface area contributed by atoms with Gasteiger partial charge in [-0.2, -0.15) is 0 Å². The third-order valence-electron chi connectivity index (χ3n) is 13.2. The van der Waals surface area contributed by atoms with Crippen LogP contribution in [-0.2, 0) is 52.3 Å². The maximum absolute atomic E-state index is 13.1. The molecule has 4 heterocycles. The van der Waals surface area contributed by atoms with Crippen molar-refractivity contribution in [2.45, 2.75) is 98.7 Å². The lowest BCUT2D eigenvalue weighted by molar-refractivity contribution is -0.358. The number of hydrogen-bond acceptors (Lipinski definition) is 28. The summed E-state index contributed by atoms with van der Waals surface area (Å²) in [6, 6.07) is 14.6. The summed E-state index contributed by atoms with van der Waals surface area (Å²) >= 11 is 0. The molecule has 0 amide bonds. The van der Waals surface area contributed by atoms with Gasteiger partial charge < -0.3 is 119 Å². The number of esters is 3. The average Bonchev–Trinajstić information content (AvgIpc) is 3.66. The van der Waals surface area contributed by atoms with E-state index in [1.807, 2.05) is 0 Å². The highest BCUT2D eigenvalue weighted by molar-refractivity contribution is 5.91. The zero-order valence-corrected chi connectivity index (χ0v) is 44.3. The third kappa shape index (κ3) is 14.7. The second-order valence-corrected chi connectivity index (χ2v) is 19.1. The number of carboxylic acid groups (broad SMARTS) is 1. The van der Waals surface area contributed by atoms with E-state index in [2.05, 4.69) is 0 Å². The molecule has 1 unspecified atom stereocenters. The Hall–Kier alpha value is -8.63. The van der Waals surface area contributed by atoms with E-state index in [1.54, 1.807) is 0 Å². The number of fused-ring (bicyclic) bond motifs is 1. The highest BCUT2D eigenvalue weighted by Crippen LogP contribution is 2.44. The van der Waals surface area contributed by atoms with E-state index >= 15 is 0 Å². The standard InChI is InChI=1S/C55H56O30/c1-74-33-13-22(3-8-28(33)58)5-11-39(63)76-20-36-42(66)44(68)47(71)52(81-36)84-51-46(70)43(67)37(21-77-40(64)12-6-23-4-9-29(59)34(14-23)75-2)82-55(51)80-35-18-26-31(78-50(35)24-7-10-27(57)30(60)15-24)16-25(56)17-32(26)79-53-48(72)45(69)49(73)54(85-53)83-41(65)19-38(61)62/h3-18,36-37,42-49,51-55,66-73H,19-21H2,1-2H3,(H5-,56,57,58,59,60,61,62,63,64)/p+1/t36-,37-,42-,43-,44+,45-,46+,47-,48-,49+,51-,52+,53-,54?,55+/m1/s1. The number of ether oxygens (including phenoxy) is 11. The fraction of sp³-hybridized carbons (Fsp3) is 0.364. The molecular weight excluding hydrogens is 1140 g/mol. The smallest absolute Gasteiger partial charge is 0.402 e. The summed E-state index contributed by atoms with van der Waals surface area (Å²) in [6.07, 6.45) is -27.8. The molecule has 3 saturated heterocycles. The van der Waals surface area contributed by atoms with E-state index in [-0.39, 0.29) is 39.5 Å². The molecule has 0 saturated carbocycles. The topological polar surface area (TPSA) is 464 Å². The number of aromatic hydroxyl groups is 5. The van der Waals surface area contributed by atoms with Crippen LogP contribution in [0.25, 0.3) is 34.4 Å². The van der Waals surface area contributed by atoms with Gasteiger partial charge in [-0.05, 0) is 59.7 Å². The molecule has 30 heteroatoms. The van der Waals surface area contributed by atoms with E-state index in [0.717, 1.165) is 42.5 Å². The van der Waals surface area contributed by atoms with Crippen LogP contribution in [0, 0.1) is 0 Å². The SMILES string of the molecule is COc1cc(C=CC(=O)OC[C@H]2O[C@@H](O[C@H]3[C@@H](Oc4cc5c(O[C@@H]6OC(OC(=O)CC(=O)O)[C@@H](O)[C@H](O)[C@H]6O)cc(O)cc5[o+]c4-c4ccc(O)c(O)c4)O[C@H](COC(=O)C=Cc4ccc(O)c(OC)c4)[C@@H](O)[C@@H]3O)[C@H](O)[C@@H](O)[C@@H]2O)ccc1O. The summed E-state index contributed by atoms with van der Waals surface area (Å²) < 4.78 is 67.6. The fourth-order valence-electron chi connectivity index (χ4n) is 8.73. The van der Waals surface area contributed by atoms with Crippen molar-refractivity contribution in [3.63, 3.8) is 0 Å². The molecule has 8 rings (SSSR count). The zero-order chi connectivity index (χ0) is 61.6. The summed E-state index contributed by atoms with van der Waals surface area (Å²) in [7, 11) is 2.62. The van der Waals surface area contributed by atoms with Gasteiger partial charge in [0.15, 0.2) is 46.9 Å². The number of methoxy groups -OCH3 is 2. The van der Waals surface area contributed by atoms with Crippen molar-refractivity contribution in [2.24, 2.45) is 0 Å². The number of aliphatic hydroxyl groups excluding tert-OH is 8. The third-order valence-corrected chi connectivity index (χ3v) is 13.2. The van der Waals surface area contributed by atoms with Crippen LogP contribution in [0.4, 0.5) is 0 Å². The number of phenolic OH excluding ortho intramolecular Hbond substituents is 5. The normalized spacial score (nSPS) is 27.7. The lowest BCUT2D eigenvalue weighted by Crippen LogP contribution is -2.65. The molecule has 15 atom stereocenters. The van der Waals surface area contributed by atoms with Gasteiger partial charge in [-0.1, -0.05) is 12.1 Å². The minimum atomic E-state index is -2.22. The molecule has 0 spiro atoms. The van der Waals surface area contributed by atoms with Crippen LogP contribution in [-0.4, -0.2) is 215 Å². The molecule has 14 N–H and O–H groups in total. The van der Waals surface area contributed by atoms with Gasteiger partial charge in [0.25, 0.3) is 0 Å². The van der Waals surface area contributed by atoms with Crippen molar-refractivity contribution in [2.75, 3.05) is 27.4 Å². The van der Waals surface area contributed by atoms with Crippen molar-refractivity contribution < 1.29 is 147 Å². The summed E-state index contributed by atoms with van der Waals surface area (Å²) in [5.74, 6) is -8.63. The minimum absolute atomic E-state index is 0.0807. The van der Waals surface area contributed by atoms with Gasteiger partial charge in [-0.3, -0.25) is 14.3 Å². The van der Waals surface area contributed by atoms with Crippen LogP contribution in [0.5, 0.6) is 51.7 Å². The highest BCUT2D eigenvalue weighted by Gasteiger charge is 2.53. The van der Waals surface area contributed by atoms with Crippen LogP contribution in [0.1, 0.15) is 17.5 Å². The van der Waals surface area contributed by atoms with Gasteiger partial charge >= 0.3 is 35.2 Å². The van der Waals surface area contributed by atoms with E-state index in [9.17, 15) is 85.6 Å². The molecule has 5 aromatic rings. The molecule has 1 aromatic heterocycles. The lowest BCUT2D eigenvalue weighted by atomic mass is 9.97. The molecule has 30 nitrogen and oxygen atoms in total. The molecule has 4 aromatic carbocycles. The summed E-state index contributed by atoms with van der Waals surface area (Å²) in [4.78, 5) is 49.4. The molecule has 85 heavy (non-hydrogen) atoms. The number of rotatable bonds is 20. The molecule has 3 aliphatic heterocycles. The van der Waals surface area contributed by atoms with E-state index in [0.29, 0.717) is 11.1 Å². The first-order chi connectivity index (χ1) is 40.4. The number of aliphatic carboxylic acids is 1.